The van der Waals surface area contributed by atoms with Crippen LogP contribution in [0.25, 0.3) is 0 Å². The predicted molar refractivity (Wildman–Crippen MR) is 71.4 cm³/mol. The van der Waals surface area contributed by atoms with E-state index in [4.69, 9.17) is 21.1 Å². The molecule has 0 spiro atoms. The van der Waals surface area contributed by atoms with Gasteiger partial charge in [-0.15, -0.1) is 11.6 Å². The van der Waals surface area contributed by atoms with E-state index in [-0.39, 0.29) is 0 Å². The first-order valence-corrected chi connectivity index (χ1v) is 6.41. The molecule has 0 radical (unpaired) electrons. The van der Waals surface area contributed by atoms with Gasteiger partial charge in [-0.1, -0.05) is 30.3 Å². The second-order valence-corrected chi connectivity index (χ2v) is 4.58. The molecule has 0 amide bonds. The van der Waals surface area contributed by atoms with Gasteiger partial charge in [0.15, 0.2) is 11.5 Å². The maximum atomic E-state index is 5.77. The quantitative estimate of drug-likeness (QED) is 0.783. The van der Waals surface area contributed by atoms with E-state index in [9.17, 15) is 0 Å². The van der Waals surface area contributed by atoms with Gasteiger partial charge in [-0.3, -0.25) is 0 Å². The van der Waals surface area contributed by atoms with Crippen molar-refractivity contribution in [3.63, 3.8) is 0 Å². The minimum Gasteiger partial charge on any atom is -0.454 e. The van der Waals surface area contributed by atoms with Crippen LogP contribution in [0.5, 0.6) is 11.5 Å². The summed E-state index contributed by atoms with van der Waals surface area (Å²) in [6.07, 6.45) is 0.888. The lowest BCUT2D eigenvalue weighted by Gasteiger charge is -2.04. The molecule has 1 heterocycles. The van der Waals surface area contributed by atoms with Gasteiger partial charge in [-0.05, 0) is 35.2 Å². The van der Waals surface area contributed by atoms with Crippen molar-refractivity contribution in [1.82, 2.24) is 0 Å². The van der Waals surface area contributed by atoms with Crippen LogP contribution in [0.3, 0.4) is 0 Å². The van der Waals surface area contributed by atoms with E-state index >= 15 is 0 Å². The minimum atomic E-state index is 0.323. The SMILES string of the molecule is ClCc1ccc(Cc2ccc3c(c2)OCO3)cc1. The normalized spacial score (nSPS) is 12.7. The van der Waals surface area contributed by atoms with Crippen molar-refractivity contribution in [3.05, 3.63) is 59.2 Å². The van der Waals surface area contributed by atoms with Gasteiger partial charge in [-0.2, -0.15) is 0 Å². The summed E-state index contributed by atoms with van der Waals surface area (Å²) in [5.74, 6) is 2.23. The van der Waals surface area contributed by atoms with Crippen molar-refractivity contribution >= 4 is 11.6 Å². The van der Waals surface area contributed by atoms with Crippen molar-refractivity contribution < 1.29 is 9.47 Å². The Hall–Kier alpha value is -1.67. The first kappa shape index (κ1) is 11.4. The predicted octanol–water partition coefficient (Wildman–Crippen LogP) is 3.74. The topological polar surface area (TPSA) is 18.5 Å². The van der Waals surface area contributed by atoms with E-state index in [2.05, 4.69) is 30.3 Å². The van der Waals surface area contributed by atoms with E-state index in [0.717, 1.165) is 23.5 Å². The molecule has 2 aromatic rings. The summed E-state index contributed by atoms with van der Waals surface area (Å²) in [5.41, 5.74) is 3.63. The standard InChI is InChI=1S/C15H13ClO2/c16-9-12-3-1-11(2-4-12)7-13-5-6-14-15(8-13)18-10-17-14/h1-6,8H,7,9-10H2. The molecule has 3 rings (SSSR count). The Morgan fingerprint density at radius 1 is 0.833 bits per heavy atom. The second kappa shape index (κ2) is 4.91. The molecule has 0 atom stereocenters. The van der Waals surface area contributed by atoms with Gasteiger partial charge < -0.3 is 9.47 Å². The number of alkyl halides is 1. The molecule has 18 heavy (non-hydrogen) atoms. The van der Waals surface area contributed by atoms with Crippen LogP contribution in [-0.4, -0.2) is 6.79 Å². The molecule has 2 aromatic carbocycles. The van der Waals surface area contributed by atoms with Gasteiger partial charge in [0, 0.05) is 5.88 Å². The lowest BCUT2D eigenvalue weighted by atomic mass is 10.0. The largest absolute Gasteiger partial charge is 0.454 e. The molecule has 0 saturated carbocycles. The van der Waals surface area contributed by atoms with Crippen LogP contribution in [0.15, 0.2) is 42.5 Å². The van der Waals surface area contributed by atoms with Crippen molar-refractivity contribution in [2.45, 2.75) is 12.3 Å². The number of halogens is 1. The van der Waals surface area contributed by atoms with Crippen LogP contribution in [0, 0.1) is 0 Å². The highest BCUT2D eigenvalue weighted by atomic mass is 35.5. The zero-order valence-electron chi connectivity index (χ0n) is 9.86. The molecule has 0 aromatic heterocycles. The molecule has 2 nitrogen and oxygen atoms in total. The van der Waals surface area contributed by atoms with Gasteiger partial charge in [0.05, 0.1) is 0 Å². The molecule has 1 aliphatic heterocycles. The smallest absolute Gasteiger partial charge is 0.231 e. The molecule has 0 fully saturated rings. The molecule has 0 bridgehead atoms. The molecular formula is C15H13ClO2. The highest BCUT2D eigenvalue weighted by Crippen LogP contribution is 2.33. The first-order chi connectivity index (χ1) is 8.85. The molecule has 0 aliphatic carbocycles. The fraction of sp³-hybridized carbons (Fsp3) is 0.200. The summed E-state index contributed by atoms with van der Waals surface area (Å²) < 4.78 is 10.7. The lowest BCUT2D eigenvalue weighted by molar-refractivity contribution is 0.174. The number of rotatable bonds is 3. The maximum absolute atomic E-state index is 5.77. The van der Waals surface area contributed by atoms with Crippen molar-refractivity contribution in [2.24, 2.45) is 0 Å². The molecule has 0 N–H and O–H groups in total. The van der Waals surface area contributed by atoms with Crippen LogP contribution in [-0.2, 0) is 12.3 Å². The summed E-state index contributed by atoms with van der Waals surface area (Å²) in [7, 11) is 0. The van der Waals surface area contributed by atoms with E-state index in [0.29, 0.717) is 12.7 Å². The number of fused-ring (bicyclic) bond motifs is 1. The van der Waals surface area contributed by atoms with E-state index in [1.165, 1.54) is 11.1 Å². The summed E-state index contributed by atoms with van der Waals surface area (Å²) in [6, 6.07) is 14.4. The lowest BCUT2D eigenvalue weighted by Crippen LogP contribution is -1.93. The van der Waals surface area contributed by atoms with Gasteiger partial charge in [0.1, 0.15) is 0 Å². The van der Waals surface area contributed by atoms with E-state index in [1.807, 2.05) is 12.1 Å². The Balaban J connectivity index is 1.79. The number of ether oxygens (including phenoxy) is 2. The average Bonchev–Trinajstić information content (AvgIpc) is 2.87. The van der Waals surface area contributed by atoms with Crippen molar-refractivity contribution in [2.75, 3.05) is 6.79 Å². The Morgan fingerprint density at radius 2 is 1.50 bits per heavy atom. The fourth-order valence-corrected chi connectivity index (χ4v) is 2.21. The Bertz CT molecular complexity index is 549. The number of hydrogen-bond donors (Lipinski definition) is 0. The van der Waals surface area contributed by atoms with Gasteiger partial charge in [0.25, 0.3) is 0 Å². The summed E-state index contributed by atoms with van der Waals surface area (Å²) >= 11 is 5.77. The highest BCUT2D eigenvalue weighted by Gasteiger charge is 2.13. The van der Waals surface area contributed by atoms with Crippen LogP contribution in [0.1, 0.15) is 16.7 Å². The average molecular weight is 261 g/mol. The molecule has 3 heteroatoms. The van der Waals surface area contributed by atoms with Crippen LogP contribution >= 0.6 is 11.6 Å². The maximum Gasteiger partial charge on any atom is 0.231 e. The van der Waals surface area contributed by atoms with E-state index < -0.39 is 0 Å². The van der Waals surface area contributed by atoms with Crippen LogP contribution < -0.4 is 9.47 Å². The minimum absolute atomic E-state index is 0.323. The zero-order chi connectivity index (χ0) is 12.4. The molecule has 0 saturated heterocycles. The second-order valence-electron chi connectivity index (χ2n) is 4.31. The van der Waals surface area contributed by atoms with Crippen molar-refractivity contribution in [1.29, 1.82) is 0 Å². The van der Waals surface area contributed by atoms with Crippen LogP contribution in [0.2, 0.25) is 0 Å². The first-order valence-electron chi connectivity index (χ1n) is 5.87. The Labute approximate surface area is 111 Å². The highest BCUT2D eigenvalue weighted by molar-refractivity contribution is 6.17. The number of hydrogen-bond acceptors (Lipinski definition) is 2. The third-order valence-corrected chi connectivity index (χ3v) is 3.33. The third-order valence-electron chi connectivity index (χ3n) is 3.02. The Kier molecular flexibility index (Phi) is 3.11. The summed E-state index contributed by atoms with van der Waals surface area (Å²) in [6.45, 7) is 0.323. The van der Waals surface area contributed by atoms with Crippen molar-refractivity contribution in [3.8, 4) is 11.5 Å². The summed E-state index contributed by atoms with van der Waals surface area (Å²) in [5, 5.41) is 0. The van der Waals surface area contributed by atoms with Gasteiger partial charge >= 0.3 is 0 Å². The van der Waals surface area contributed by atoms with Gasteiger partial charge in [-0.25, -0.2) is 0 Å². The molecule has 92 valence electrons. The third kappa shape index (κ3) is 2.29. The fourth-order valence-electron chi connectivity index (χ4n) is 2.03. The van der Waals surface area contributed by atoms with Crippen LogP contribution in [0.4, 0.5) is 0 Å². The monoisotopic (exact) mass is 260 g/mol. The number of benzene rings is 2. The summed E-state index contributed by atoms with van der Waals surface area (Å²) in [4.78, 5) is 0. The zero-order valence-corrected chi connectivity index (χ0v) is 10.6. The Morgan fingerprint density at radius 3 is 2.28 bits per heavy atom. The molecule has 1 aliphatic rings. The van der Waals surface area contributed by atoms with E-state index in [1.54, 1.807) is 0 Å². The molecule has 0 unspecified atom stereocenters. The molecular weight excluding hydrogens is 248 g/mol. The van der Waals surface area contributed by atoms with Gasteiger partial charge in [0.2, 0.25) is 6.79 Å².